The first kappa shape index (κ1) is 15.0. The minimum atomic E-state index is 0.197. The van der Waals surface area contributed by atoms with Crippen molar-refractivity contribution in [3.8, 4) is 6.07 Å². The predicted molar refractivity (Wildman–Crippen MR) is 83.2 cm³/mol. The summed E-state index contributed by atoms with van der Waals surface area (Å²) < 4.78 is 2.00. The van der Waals surface area contributed by atoms with Crippen LogP contribution in [0.15, 0.2) is 12.1 Å². The number of hydrogen-bond acceptors (Lipinski definition) is 4. The Morgan fingerprint density at radius 3 is 2.52 bits per heavy atom. The molecule has 5 nitrogen and oxygen atoms in total. The van der Waals surface area contributed by atoms with Crippen LogP contribution in [0.25, 0.3) is 0 Å². The largest absolute Gasteiger partial charge is 0.366 e. The van der Waals surface area contributed by atoms with Crippen LogP contribution in [-0.4, -0.2) is 20.8 Å². The average Bonchev–Trinajstić information content (AvgIpc) is 2.67. The second-order valence-corrected chi connectivity index (χ2v) is 5.55. The number of nitrogens with zero attached hydrogens (tertiary/aromatic N) is 4. The summed E-state index contributed by atoms with van der Waals surface area (Å²) in [6, 6.07) is 6.38. The molecule has 2 rings (SSSR count). The molecule has 0 aromatic carbocycles. The molecule has 2 heterocycles. The smallest absolute Gasteiger partial charge is 0.126 e. The number of nitriles is 1. The van der Waals surface area contributed by atoms with E-state index in [2.05, 4.69) is 41.4 Å². The molecule has 0 saturated heterocycles. The van der Waals surface area contributed by atoms with E-state index in [-0.39, 0.29) is 6.04 Å². The van der Waals surface area contributed by atoms with Crippen molar-refractivity contribution < 1.29 is 0 Å². The van der Waals surface area contributed by atoms with Gasteiger partial charge in [0.15, 0.2) is 0 Å². The van der Waals surface area contributed by atoms with E-state index in [0.717, 1.165) is 35.0 Å². The Labute approximate surface area is 125 Å². The quantitative estimate of drug-likeness (QED) is 0.937. The van der Waals surface area contributed by atoms with E-state index in [1.54, 1.807) is 0 Å². The van der Waals surface area contributed by atoms with Crippen LogP contribution in [0.3, 0.4) is 0 Å². The van der Waals surface area contributed by atoms with Crippen LogP contribution in [0.5, 0.6) is 0 Å². The van der Waals surface area contributed by atoms with Gasteiger partial charge in [-0.2, -0.15) is 10.4 Å². The van der Waals surface area contributed by atoms with Gasteiger partial charge in [-0.25, -0.2) is 4.98 Å². The van der Waals surface area contributed by atoms with Gasteiger partial charge in [-0.05, 0) is 52.3 Å². The molecule has 1 atom stereocenters. The van der Waals surface area contributed by atoms with Gasteiger partial charge >= 0.3 is 0 Å². The Morgan fingerprint density at radius 2 is 2.00 bits per heavy atom. The zero-order valence-corrected chi connectivity index (χ0v) is 13.2. The highest BCUT2D eigenvalue weighted by Gasteiger charge is 2.10. The molecule has 2 aromatic heterocycles. The molecule has 0 amide bonds. The van der Waals surface area contributed by atoms with Crippen molar-refractivity contribution in [3.63, 3.8) is 0 Å². The highest BCUT2D eigenvalue weighted by atomic mass is 15.3. The molecule has 21 heavy (non-hydrogen) atoms. The lowest BCUT2D eigenvalue weighted by Crippen LogP contribution is -2.24. The second-order valence-electron chi connectivity index (χ2n) is 5.55. The minimum absolute atomic E-state index is 0.197. The lowest BCUT2D eigenvalue weighted by molar-refractivity contribution is 0.544. The number of hydrogen-bond donors (Lipinski definition) is 1. The number of anilines is 1. The first-order valence-electron chi connectivity index (χ1n) is 7.06. The van der Waals surface area contributed by atoms with Crippen molar-refractivity contribution in [2.75, 3.05) is 5.32 Å². The van der Waals surface area contributed by atoms with Crippen molar-refractivity contribution in [2.45, 2.75) is 47.2 Å². The van der Waals surface area contributed by atoms with Gasteiger partial charge in [0, 0.05) is 11.7 Å². The minimum Gasteiger partial charge on any atom is -0.366 e. The van der Waals surface area contributed by atoms with Crippen LogP contribution in [0, 0.1) is 39.0 Å². The van der Waals surface area contributed by atoms with E-state index in [4.69, 9.17) is 5.26 Å². The van der Waals surface area contributed by atoms with Crippen LogP contribution in [0.1, 0.15) is 35.1 Å². The molecule has 0 bridgehead atoms. The number of aromatic nitrogens is 3. The maximum Gasteiger partial charge on any atom is 0.126 e. The van der Waals surface area contributed by atoms with Crippen molar-refractivity contribution in [1.82, 2.24) is 14.8 Å². The summed E-state index contributed by atoms with van der Waals surface area (Å²) in [4.78, 5) is 4.45. The maximum absolute atomic E-state index is 9.08. The van der Waals surface area contributed by atoms with Crippen LogP contribution in [-0.2, 0) is 6.54 Å². The highest BCUT2D eigenvalue weighted by molar-refractivity contribution is 5.48. The molecule has 1 unspecified atom stereocenters. The summed E-state index contributed by atoms with van der Waals surface area (Å²) in [6.07, 6.45) is 0. The first-order valence-corrected chi connectivity index (χ1v) is 7.06. The molecule has 0 fully saturated rings. The Morgan fingerprint density at radius 1 is 1.29 bits per heavy atom. The molecule has 110 valence electrons. The van der Waals surface area contributed by atoms with E-state index < -0.39 is 0 Å². The predicted octanol–water partition coefficient (Wildman–Crippen LogP) is 2.88. The molecule has 0 aliphatic heterocycles. The number of rotatable bonds is 4. The lowest BCUT2D eigenvalue weighted by Gasteiger charge is -2.17. The van der Waals surface area contributed by atoms with E-state index >= 15 is 0 Å². The van der Waals surface area contributed by atoms with Crippen LogP contribution < -0.4 is 5.32 Å². The Hall–Kier alpha value is -2.35. The van der Waals surface area contributed by atoms with Gasteiger partial charge < -0.3 is 5.32 Å². The fraction of sp³-hybridized carbons (Fsp3) is 0.438. The summed E-state index contributed by atoms with van der Waals surface area (Å²) in [6.45, 7) is 10.7. The monoisotopic (exact) mass is 283 g/mol. The molecular weight excluding hydrogens is 262 g/mol. The molecule has 2 aromatic rings. The van der Waals surface area contributed by atoms with Gasteiger partial charge in [-0.15, -0.1) is 0 Å². The fourth-order valence-corrected chi connectivity index (χ4v) is 2.49. The summed E-state index contributed by atoms with van der Waals surface area (Å²) in [5.41, 5.74) is 4.56. The summed E-state index contributed by atoms with van der Waals surface area (Å²) in [5.74, 6) is 0.804. The highest BCUT2D eigenvalue weighted by Crippen LogP contribution is 2.16. The van der Waals surface area contributed by atoms with Crippen LogP contribution in [0.2, 0.25) is 0 Å². The third-order valence-electron chi connectivity index (χ3n) is 3.45. The van der Waals surface area contributed by atoms with Gasteiger partial charge in [-0.1, -0.05) is 0 Å². The Balaban J connectivity index is 2.11. The molecule has 0 spiro atoms. The molecule has 0 aliphatic rings. The standard InChI is InChI=1S/C16H21N5/c1-10-6-16(19-14(5)15(10)8-17)18-12(3)9-21-13(4)7-11(2)20-21/h6-7,12H,9H2,1-5H3,(H,18,19). The van der Waals surface area contributed by atoms with Crippen molar-refractivity contribution >= 4 is 5.82 Å². The molecule has 0 radical (unpaired) electrons. The van der Waals surface area contributed by atoms with Crippen molar-refractivity contribution in [2.24, 2.45) is 0 Å². The zero-order chi connectivity index (χ0) is 15.6. The summed E-state index contributed by atoms with van der Waals surface area (Å²) in [5, 5.41) is 16.9. The molecule has 5 heteroatoms. The lowest BCUT2D eigenvalue weighted by atomic mass is 10.1. The molecule has 1 N–H and O–H groups in total. The third kappa shape index (κ3) is 3.40. The van der Waals surface area contributed by atoms with Gasteiger partial charge in [0.25, 0.3) is 0 Å². The SMILES string of the molecule is Cc1cc(C)n(CC(C)Nc2cc(C)c(C#N)c(C)n2)n1. The topological polar surface area (TPSA) is 66.5 Å². The normalized spacial score (nSPS) is 12.0. The summed E-state index contributed by atoms with van der Waals surface area (Å²) in [7, 11) is 0. The van der Waals surface area contributed by atoms with Crippen molar-refractivity contribution in [3.05, 3.63) is 40.3 Å². The number of pyridine rings is 1. The summed E-state index contributed by atoms with van der Waals surface area (Å²) >= 11 is 0. The van der Waals surface area contributed by atoms with Gasteiger partial charge in [-0.3, -0.25) is 4.68 Å². The van der Waals surface area contributed by atoms with Gasteiger partial charge in [0.2, 0.25) is 0 Å². The second kappa shape index (κ2) is 5.96. The molecule has 0 aliphatic carbocycles. The molecular formula is C16H21N5. The fourth-order valence-electron chi connectivity index (χ4n) is 2.49. The average molecular weight is 283 g/mol. The van der Waals surface area contributed by atoms with E-state index in [1.165, 1.54) is 0 Å². The van der Waals surface area contributed by atoms with Crippen LogP contribution in [0.4, 0.5) is 5.82 Å². The van der Waals surface area contributed by atoms with Gasteiger partial charge in [0.05, 0.1) is 23.5 Å². The Kier molecular flexibility index (Phi) is 4.27. The first-order chi connectivity index (χ1) is 9.90. The Bertz CT molecular complexity index is 670. The van der Waals surface area contributed by atoms with E-state index in [0.29, 0.717) is 5.56 Å². The van der Waals surface area contributed by atoms with E-state index in [9.17, 15) is 0 Å². The van der Waals surface area contributed by atoms with Crippen LogP contribution >= 0.6 is 0 Å². The van der Waals surface area contributed by atoms with E-state index in [1.807, 2.05) is 31.5 Å². The molecule has 0 saturated carbocycles. The maximum atomic E-state index is 9.08. The van der Waals surface area contributed by atoms with Crippen molar-refractivity contribution in [1.29, 1.82) is 5.26 Å². The third-order valence-corrected chi connectivity index (χ3v) is 3.45. The number of nitrogens with one attached hydrogen (secondary N) is 1. The van der Waals surface area contributed by atoms with Gasteiger partial charge in [0.1, 0.15) is 11.9 Å². The zero-order valence-electron chi connectivity index (χ0n) is 13.2. The number of aryl methyl sites for hydroxylation is 4.